The molecule has 90 valence electrons. The number of pyridine rings is 1. The zero-order valence-corrected chi connectivity index (χ0v) is 8.86. The van der Waals surface area contributed by atoms with Crippen LogP contribution in [0.3, 0.4) is 0 Å². The minimum absolute atomic E-state index is 0.00648. The molecule has 1 aromatic heterocycles. The van der Waals surface area contributed by atoms with E-state index in [1.165, 1.54) is 18.3 Å². The Labute approximate surface area is 92.3 Å². The van der Waals surface area contributed by atoms with Gasteiger partial charge in [0.1, 0.15) is 11.6 Å². The molecule has 0 radical (unpaired) electrons. The van der Waals surface area contributed by atoms with Crippen LogP contribution in [0.25, 0.3) is 0 Å². The van der Waals surface area contributed by atoms with Crippen LogP contribution in [-0.2, 0) is 0 Å². The lowest BCUT2D eigenvalue weighted by molar-refractivity contribution is -0.0500. The first-order valence-electron chi connectivity index (χ1n) is 4.94. The number of ether oxygens (including phenoxy) is 1. The molecule has 4 nitrogen and oxygen atoms in total. The average molecular weight is 232 g/mol. The van der Waals surface area contributed by atoms with E-state index in [0.29, 0.717) is 5.82 Å². The number of hydrogen-bond donors (Lipinski definition) is 2. The van der Waals surface area contributed by atoms with Gasteiger partial charge in [0.15, 0.2) is 0 Å². The summed E-state index contributed by atoms with van der Waals surface area (Å²) in [5.41, 5.74) is 0. The molecule has 0 saturated carbocycles. The zero-order chi connectivity index (χ0) is 12.0. The van der Waals surface area contributed by atoms with Crippen molar-refractivity contribution < 1.29 is 18.6 Å². The van der Waals surface area contributed by atoms with E-state index in [1.807, 2.05) is 6.92 Å². The summed E-state index contributed by atoms with van der Waals surface area (Å²) >= 11 is 0. The second kappa shape index (κ2) is 6.22. The lowest BCUT2D eigenvalue weighted by Crippen LogP contribution is -2.23. The van der Waals surface area contributed by atoms with E-state index < -0.39 is 6.61 Å². The Kier molecular flexibility index (Phi) is 4.91. The molecule has 0 amide bonds. The van der Waals surface area contributed by atoms with Crippen molar-refractivity contribution in [3.63, 3.8) is 0 Å². The standard InChI is InChI=1S/C10H14F2N2O2/c1-2-7(6-15)14-9-4-3-8(5-13-9)16-10(11)12/h3-5,7,10,15H,2,6H2,1H3,(H,13,14)/t7-/m0/s1. The van der Waals surface area contributed by atoms with Crippen LogP contribution in [0.5, 0.6) is 5.75 Å². The fraction of sp³-hybridized carbons (Fsp3) is 0.500. The summed E-state index contributed by atoms with van der Waals surface area (Å²) in [5.74, 6) is 0.528. The van der Waals surface area contributed by atoms with Gasteiger partial charge >= 0.3 is 6.61 Å². The van der Waals surface area contributed by atoms with Crippen LogP contribution in [0.2, 0.25) is 0 Å². The molecule has 1 atom stereocenters. The third kappa shape index (κ3) is 3.98. The van der Waals surface area contributed by atoms with E-state index in [-0.39, 0.29) is 18.4 Å². The Bertz CT molecular complexity index is 302. The molecule has 1 rings (SSSR count). The number of anilines is 1. The Balaban J connectivity index is 2.57. The topological polar surface area (TPSA) is 54.4 Å². The maximum atomic E-state index is 11.8. The second-order valence-electron chi connectivity index (χ2n) is 3.19. The minimum atomic E-state index is -2.85. The molecule has 0 bridgehead atoms. The largest absolute Gasteiger partial charge is 0.433 e. The maximum absolute atomic E-state index is 11.8. The van der Waals surface area contributed by atoms with Gasteiger partial charge in [-0.25, -0.2) is 4.98 Å². The molecule has 0 spiro atoms. The number of hydrogen-bond acceptors (Lipinski definition) is 4. The second-order valence-corrected chi connectivity index (χ2v) is 3.19. The summed E-state index contributed by atoms with van der Waals surface area (Å²) in [6.45, 7) is -0.934. The van der Waals surface area contributed by atoms with E-state index in [2.05, 4.69) is 15.0 Å². The molecule has 0 unspecified atom stereocenters. The molecule has 16 heavy (non-hydrogen) atoms. The van der Waals surface area contributed by atoms with Gasteiger partial charge in [0.2, 0.25) is 0 Å². The summed E-state index contributed by atoms with van der Waals surface area (Å²) in [4.78, 5) is 3.89. The monoisotopic (exact) mass is 232 g/mol. The highest BCUT2D eigenvalue weighted by atomic mass is 19.3. The van der Waals surface area contributed by atoms with E-state index in [9.17, 15) is 8.78 Å². The lowest BCUT2D eigenvalue weighted by atomic mass is 10.2. The summed E-state index contributed by atoms with van der Waals surface area (Å²) in [6.07, 6.45) is 1.95. The Morgan fingerprint density at radius 2 is 2.25 bits per heavy atom. The fourth-order valence-electron chi connectivity index (χ4n) is 1.12. The van der Waals surface area contributed by atoms with Crippen molar-refractivity contribution >= 4 is 5.82 Å². The number of alkyl halides is 2. The maximum Gasteiger partial charge on any atom is 0.387 e. The normalized spacial score (nSPS) is 12.6. The van der Waals surface area contributed by atoms with Crippen LogP contribution >= 0.6 is 0 Å². The molecule has 6 heteroatoms. The van der Waals surface area contributed by atoms with Crippen LogP contribution < -0.4 is 10.1 Å². The SMILES string of the molecule is CC[C@@H](CO)Nc1ccc(OC(F)F)cn1. The molecule has 0 saturated heterocycles. The number of aromatic nitrogens is 1. The molecule has 0 aliphatic carbocycles. The van der Waals surface area contributed by atoms with Gasteiger partial charge in [0.05, 0.1) is 18.8 Å². The number of aliphatic hydroxyl groups is 1. The Morgan fingerprint density at radius 1 is 1.50 bits per heavy atom. The molecule has 1 heterocycles. The minimum Gasteiger partial charge on any atom is -0.433 e. The molecule has 2 N–H and O–H groups in total. The van der Waals surface area contributed by atoms with Crippen molar-refractivity contribution in [3.05, 3.63) is 18.3 Å². The van der Waals surface area contributed by atoms with Crippen molar-refractivity contribution in [2.24, 2.45) is 0 Å². The predicted molar refractivity (Wildman–Crippen MR) is 55.7 cm³/mol. The van der Waals surface area contributed by atoms with E-state index in [4.69, 9.17) is 5.11 Å². The van der Waals surface area contributed by atoms with Gasteiger partial charge in [0.25, 0.3) is 0 Å². The van der Waals surface area contributed by atoms with Gasteiger partial charge in [-0.1, -0.05) is 6.92 Å². The highest BCUT2D eigenvalue weighted by molar-refractivity contribution is 5.38. The molecular weight excluding hydrogens is 218 g/mol. The predicted octanol–water partition coefficient (Wildman–Crippen LogP) is 1.87. The number of aliphatic hydroxyl groups excluding tert-OH is 1. The van der Waals surface area contributed by atoms with Gasteiger partial charge in [-0.15, -0.1) is 0 Å². The molecule has 0 aliphatic heterocycles. The average Bonchev–Trinajstić information content (AvgIpc) is 2.27. The van der Waals surface area contributed by atoms with Crippen molar-refractivity contribution in [2.45, 2.75) is 26.0 Å². The van der Waals surface area contributed by atoms with Crippen molar-refractivity contribution in [3.8, 4) is 5.75 Å². The van der Waals surface area contributed by atoms with Gasteiger partial charge < -0.3 is 15.2 Å². The highest BCUT2D eigenvalue weighted by Crippen LogP contribution is 2.15. The van der Waals surface area contributed by atoms with Crippen LogP contribution in [-0.4, -0.2) is 29.4 Å². The van der Waals surface area contributed by atoms with Crippen LogP contribution in [0, 0.1) is 0 Å². The van der Waals surface area contributed by atoms with Gasteiger partial charge in [-0.2, -0.15) is 8.78 Å². The molecule has 1 aromatic rings. The molecule has 0 aliphatic rings. The van der Waals surface area contributed by atoms with Crippen LogP contribution in [0.1, 0.15) is 13.3 Å². The smallest absolute Gasteiger partial charge is 0.387 e. The highest BCUT2D eigenvalue weighted by Gasteiger charge is 2.07. The van der Waals surface area contributed by atoms with Crippen LogP contribution in [0.15, 0.2) is 18.3 Å². The first kappa shape index (κ1) is 12.6. The summed E-state index contributed by atoms with van der Waals surface area (Å²) in [6, 6.07) is 2.83. The third-order valence-corrected chi connectivity index (χ3v) is 2.03. The van der Waals surface area contributed by atoms with E-state index in [0.717, 1.165) is 6.42 Å². The quantitative estimate of drug-likeness (QED) is 0.786. The number of rotatable bonds is 6. The molecule has 0 aromatic carbocycles. The molecule has 0 fully saturated rings. The fourth-order valence-corrected chi connectivity index (χ4v) is 1.12. The number of halogens is 2. The van der Waals surface area contributed by atoms with E-state index in [1.54, 1.807) is 0 Å². The van der Waals surface area contributed by atoms with Crippen molar-refractivity contribution in [1.82, 2.24) is 4.98 Å². The first-order chi connectivity index (χ1) is 7.65. The lowest BCUT2D eigenvalue weighted by Gasteiger charge is -2.14. The number of nitrogens with zero attached hydrogens (tertiary/aromatic N) is 1. The Morgan fingerprint density at radius 3 is 2.69 bits per heavy atom. The summed E-state index contributed by atoms with van der Waals surface area (Å²) in [5, 5.41) is 11.9. The van der Waals surface area contributed by atoms with Gasteiger partial charge in [-0.3, -0.25) is 0 Å². The van der Waals surface area contributed by atoms with Crippen molar-refractivity contribution in [1.29, 1.82) is 0 Å². The first-order valence-corrected chi connectivity index (χ1v) is 4.94. The van der Waals surface area contributed by atoms with E-state index >= 15 is 0 Å². The Hall–Kier alpha value is -1.43. The van der Waals surface area contributed by atoms with Crippen molar-refractivity contribution in [2.75, 3.05) is 11.9 Å². The number of nitrogens with one attached hydrogen (secondary N) is 1. The zero-order valence-electron chi connectivity index (χ0n) is 8.86. The summed E-state index contributed by atoms with van der Waals surface area (Å²) < 4.78 is 27.8. The third-order valence-electron chi connectivity index (χ3n) is 2.03. The summed E-state index contributed by atoms with van der Waals surface area (Å²) in [7, 11) is 0. The van der Waals surface area contributed by atoms with Gasteiger partial charge in [-0.05, 0) is 18.6 Å². The van der Waals surface area contributed by atoms with Crippen LogP contribution in [0.4, 0.5) is 14.6 Å². The molecular formula is C10H14F2N2O2. The van der Waals surface area contributed by atoms with Gasteiger partial charge in [0, 0.05) is 0 Å².